The average molecular weight is 249 g/mol. The Morgan fingerprint density at radius 2 is 2.11 bits per heavy atom. The predicted octanol–water partition coefficient (Wildman–Crippen LogP) is 0.348. The molecule has 0 amide bonds. The van der Waals surface area contributed by atoms with Crippen molar-refractivity contribution in [2.75, 3.05) is 17.6 Å². The van der Waals surface area contributed by atoms with Gasteiger partial charge in [-0.3, -0.25) is 9.36 Å². The molecule has 0 bridgehead atoms. The summed E-state index contributed by atoms with van der Waals surface area (Å²) in [7, 11) is 3.74. The van der Waals surface area contributed by atoms with Crippen LogP contribution in [0.15, 0.2) is 6.33 Å². The van der Waals surface area contributed by atoms with E-state index in [1.165, 1.54) is 0 Å². The van der Waals surface area contributed by atoms with Gasteiger partial charge in [-0.25, -0.2) is 4.98 Å². The Hall–Kier alpha value is -2.05. The van der Waals surface area contributed by atoms with Crippen molar-refractivity contribution in [3.8, 4) is 0 Å². The molecule has 0 spiro atoms. The first-order valence-electron chi connectivity index (χ1n) is 6.01. The Kier molecular flexibility index (Phi) is 3.50. The van der Waals surface area contributed by atoms with Crippen LogP contribution < -0.4 is 11.1 Å². The van der Waals surface area contributed by atoms with Crippen molar-refractivity contribution in [1.29, 1.82) is 0 Å². The highest BCUT2D eigenvalue weighted by atomic mass is 15.3. The van der Waals surface area contributed by atoms with Crippen LogP contribution in [0.3, 0.4) is 0 Å². The van der Waals surface area contributed by atoms with Gasteiger partial charge >= 0.3 is 0 Å². The lowest BCUT2D eigenvalue weighted by atomic mass is 10.3. The third-order valence-corrected chi connectivity index (χ3v) is 2.78. The van der Waals surface area contributed by atoms with Crippen molar-refractivity contribution >= 4 is 11.5 Å². The summed E-state index contributed by atoms with van der Waals surface area (Å²) in [5.74, 6) is 1.68. The first kappa shape index (κ1) is 12.4. The molecule has 2 heterocycles. The number of aryl methyl sites for hydroxylation is 3. The van der Waals surface area contributed by atoms with Gasteiger partial charge in [0.2, 0.25) is 0 Å². The van der Waals surface area contributed by atoms with E-state index in [1.807, 2.05) is 21.0 Å². The molecule has 0 aromatic carbocycles. The van der Waals surface area contributed by atoms with Gasteiger partial charge in [-0.15, -0.1) is 0 Å². The number of aromatic nitrogens is 5. The lowest BCUT2D eigenvalue weighted by Crippen LogP contribution is -2.10. The van der Waals surface area contributed by atoms with Crippen LogP contribution in [0.4, 0.5) is 11.5 Å². The zero-order valence-electron chi connectivity index (χ0n) is 11.0. The minimum absolute atomic E-state index is 0.731. The molecule has 0 fully saturated rings. The average Bonchev–Trinajstić information content (AvgIpc) is 2.86. The summed E-state index contributed by atoms with van der Waals surface area (Å²) in [5, 5.41) is 11.9. The molecule has 0 atom stereocenters. The molecule has 0 saturated heterocycles. The highest BCUT2D eigenvalue weighted by Crippen LogP contribution is 2.21. The molecule has 0 unspecified atom stereocenters. The minimum Gasteiger partial charge on any atom is -0.394 e. The zero-order valence-corrected chi connectivity index (χ0v) is 11.0. The molecule has 7 heteroatoms. The zero-order chi connectivity index (χ0) is 13.1. The van der Waals surface area contributed by atoms with Crippen molar-refractivity contribution in [2.45, 2.75) is 19.8 Å². The summed E-state index contributed by atoms with van der Waals surface area (Å²) in [6, 6.07) is 0. The van der Waals surface area contributed by atoms with E-state index in [4.69, 9.17) is 5.73 Å². The number of nitrogen functional groups attached to an aromatic ring is 1. The number of nitrogens with one attached hydrogen (secondary N) is 1. The summed E-state index contributed by atoms with van der Waals surface area (Å²) >= 11 is 0. The molecular formula is C11H19N7. The van der Waals surface area contributed by atoms with E-state index in [0.29, 0.717) is 0 Å². The Bertz CT molecular complexity index is 525. The standard InChI is InChI=1S/C11H19N7/c1-4-8-10(12)11(18(3)15-8)13-6-5-9-14-7-17(2)16-9/h7,13H,4-6,12H2,1-3H3. The van der Waals surface area contributed by atoms with Gasteiger partial charge in [-0.05, 0) is 6.42 Å². The second-order valence-electron chi connectivity index (χ2n) is 4.20. The summed E-state index contributed by atoms with van der Waals surface area (Å²) in [4.78, 5) is 4.17. The molecule has 2 aromatic heterocycles. The molecular weight excluding hydrogens is 230 g/mol. The van der Waals surface area contributed by atoms with E-state index in [1.54, 1.807) is 15.7 Å². The second-order valence-corrected chi connectivity index (χ2v) is 4.20. The Morgan fingerprint density at radius 1 is 1.33 bits per heavy atom. The van der Waals surface area contributed by atoms with Crippen LogP contribution in [0.1, 0.15) is 18.4 Å². The van der Waals surface area contributed by atoms with Crippen molar-refractivity contribution in [3.05, 3.63) is 17.8 Å². The fraction of sp³-hybridized carbons (Fsp3) is 0.545. The van der Waals surface area contributed by atoms with Gasteiger partial charge in [0.1, 0.15) is 12.1 Å². The number of rotatable bonds is 5. The molecule has 3 N–H and O–H groups in total. The van der Waals surface area contributed by atoms with Crippen LogP contribution in [0.5, 0.6) is 0 Å². The van der Waals surface area contributed by atoms with Gasteiger partial charge in [-0.1, -0.05) is 6.92 Å². The van der Waals surface area contributed by atoms with E-state index in [9.17, 15) is 0 Å². The fourth-order valence-corrected chi connectivity index (χ4v) is 1.86. The molecule has 18 heavy (non-hydrogen) atoms. The number of nitrogens with zero attached hydrogens (tertiary/aromatic N) is 5. The third-order valence-electron chi connectivity index (χ3n) is 2.78. The van der Waals surface area contributed by atoms with E-state index in [0.717, 1.165) is 42.4 Å². The molecule has 2 aromatic rings. The Balaban J connectivity index is 1.96. The molecule has 0 aliphatic carbocycles. The largest absolute Gasteiger partial charge is 0.394 e. The molecule has 0 aliphatic heterocycles. The number of nitrogens with two attached hydrogens (primary N) is 1. The highest BCUT2D eigenvalue weighted by Gasteiger charge is 2.11. The molecule has 98 valence electrons. The lowest BCUT2D eigenvalue weighted by molar-refractivity contribution is 0.733. The third kappa shape index (κ3) is 2.44. The first-order chi connectivity index (χ1) is 8.61. The molecule has 0 radical (unpaired) electrons. The van der Waals surface area contributed by atoms with Crippen molar-refractivity contribution in [3.63, 3.8) is 0 Å². The SMILES string of the molecule is CCc1nn(C)c(NCCc2ncn(C)n2)c1N. The number of anilines is 2. The van der Waals surface area contributed by atoms with E-state index < -0.39 is 0 Å². The van der Waals surface area contributed by atoms with Crippen LogP contribution >= 0.6 is 0 Å². The topological polar surface area (TPSA) is 86.6 Å². The summed E-state index contributed by atoms with van der Waals surface area (Å²) in [5.41, 5.74) is 7.67. The van der Waals surface area contributed by atoms with Gasteiger partial charge in [0.15, 0.2) is 5.82 Å². The Labute approximate surface area is 106 Å². The molecule has 0 saturated carbocycles. The monoisotopic (exact) mass is 249 g/mol. The number of hydrogen-bond acceptors (Lipinski definition) is 5. The van der Waals surface area contributed by atoms with Crippen molar-refractivity contribution in [2.24, 2.45) is 14.1 Å². The quantitative estimate of drug-likeness (QED) is 0.798. The highest BCUT2D eigenvalue weighted by molar-refractivity contribution is 5.64. The summed E-state index contributed by atoms with van der Waals surface area (Å²) in [6.45, 7) is 2.77. The first-order valence-corrected chi connectivity index (χ1v) is 6.01. The van der Waals surface area contributed by atoms with Crippen molar-refractivity contribution < 1.29 is 0 Å². The fourth-order valence-electron chi connectivity index (χ4n) is 1.86. The van der Waals surface area contributed by atoms with Crippen LogP contribution in [-0.4, -0.2) is 31.1 Å². The normalized spacial score (nSPS) is 10.8. The molecule has 7 nitrogen and oxygen atoms in total. The lowest BCUT2D eigenvalue weighted by Gasteiger charge is -2.06. The maximum absolute atomic E-state index is 6.02. The van der Waals surface area contributed by atoms with E-state index in [2.05, 4.69) is 20.5 Å². The van der Waals surface area contributed by atoms with Gasteiger partial charge in [-0.2, -0.15) is 10.2 Å². The van der Waals surface area contributed by atoms with Crippen LogP contribution in [0, 0.1) is 0 Å². The summed E-state index contributed by atoms with van der Waals surface area (Å²) < 4.78 is 3.48. The van der Waals surface area contributed by atoms with Gasteiger partial charge in [0, 0.05) is 27.1 Å². The minimum atomic E-state index is 0.731. The maximum Gasteiger partial charge on any atom is 0.152 e. The maximum atomic E-state index is 6.02. The van der Waals surface area contributed by atoms with Gasteiger partial charge < -0.3 is 11.1 Å². The van der Waals surface area contributed by atoms with Crippen LogP contribution in [0.25, 0.3) is 0 Å². The van der Waals surface area contributed by atoms with Crippen LogP contribution in [0.2, 0.25) is 0 Å². The van der Waals surface area contributed by atoms with E-state index >= 15 is 0 Å². The second kappa shape index (κ2) is 5.07. The van der Waals surface area contributed by atoms with E-state index in [-0.39, 0.29) is 0 Å². The molecule has 0 aliphatic rings. The number of hydrogen-bond donors (Lipinski definition) is 2. The molecule has 2 rings (SSSR count). The Morgan fingerprint density at radius 3 is 2.67 bits per heavy atom. The predicted molar refractivity (Wildman–Crippen MR) is 70.2 cm³/mol. The van der Waals surface area contributed by atoms with Crippen LogP contribution in [-0.2, 0) is 26.9 Å². The van der Waals surface area contributed by atoms with Crippen molar-refractivity contribution in [1.82, 2.24) is 24.5 Å². The smallest absolute Gasteiger partial charge is 0.152 e. The summed E-state index contributed by atoms with van der Waals surface area (Å²) in [6.07, 6.45) is 3.29. The van der Waals surface area contributed by atoms with Gasteiger partial charge in [0.05, 0.1) is 11.4 Å². The van der Waals surface area contributed by atoms with Gasteiger partial charge in [0.25, 0.3) is 0 Å².